The fraction of sp³-hybridized carbons (Fsp3) is 0.353. The van der Waals surface area contributed by atoms with E-state index in [-0.39, 0.29) is 16.4 Å². The van der Waals surface area contributed by atoms with E-state index in [1.54, 1.807) is 18.3 Å². The first-order valence-corrected chi connectivity index (χ1v) is 10.7. The van der Waals surface area contributed by atoms with Crippen molar-refractivity contribution < 1.29 is 13.2 Å². The third-order valence-electron chi connectivity index (χ3n) is 4.45. The molecule has 9 heteroatoms. The summed E-state index contributed by atoms with van der Waals surface area (Å²) in [5, 5.41) is 3.19. The number of hydrogen-bond donors (Lipinski definition) is 1. The molecule has 4 rings (SSSR count). The Morgan fingerprint density at radius 2 is 2.12 bits per heavy atom. The van der Waals surface area contributed by atoms with E-state index in [9.17, 15) is 13.2 Å². The molecule has 1 aromatic carbocycles. The average Bonchev–Trinajstić information content (AvgIpc) is 2.87. The van der Waals surface area contributed by atoms with Crippen molar-refractivity contribution in [2.24, 2.45) is 4.40 Å². The highest BCUT2D eigenvalue weighted by molar-refractivity contribution is 7.90. The fourth-order valence-corrected chi connectivity index (χ4v) is 5.15. The molecule has 1 saturated heterocycles. The number of carbonyl (C=O) groups is 1. The van der Waals surface area contributed by atoms with Gasteiger partial charge in [0, 0.05) is 29.6 Å². The summed E-state index contributed by atoms with van der Waals surface area (Å²) in [6.45, 7) is 2.64. The Morgan fingerprint density at radius 3 is 2.88 bits per heavy atom. The lowest BCUT2D eigenvalue weighted by atomic mass is 10.1. The number of anilines is 2. The number of thiazole rings is 1. The van der Waals surface area contributed by atoms with E-state index < -0.39 is 10.0 Å². The molecule has 0 spiro atoms. The predicted octanol–water partition coefficient (Wildman–Crippen LogP) is 3.19. The van der Waals surface area contributed by atoms with Gasteiger partial charge in [-0.15, -0.1) is 15.7 Å². The van der Waals surface area contributed by atoms with Crippen molar-refractivity contribution in [1.82, 2.24) is 4.98 Å². The van der Waals surface area contributed by atoms with Crippen molar-refractivity contribution in [2.75, 3.05) is 16.8 Å². The summed E-state index contributed by atoms with van der Waals surface area (Å²) < 4.78 is 29.2. The van der Waals surface area contributed by atoms with Crippen molar-refractivity contribution >= 4 is 43.9 Å². The van der Waals surface area contributed by atoms with E-state index in [0.29, 0.717) is 23.1 Å². The molecule has 1 fully saturated rings. The number of nitrogens with zero attached hydrogens (tertiary/aromatic N) is 3. The Bertz CT molecular complexity index is 1010. The van der Waals surface area contributed by atoms with E-state index >= 15 is 0 Å². The Kier molecular flexibility index (Phi) is 4.28. The number of fused-ring (bicyclic) bond motifs is 3. The molecule has 26 heavy (non-hydrogen) atoms. The summed E-state index contributed by atoms with van der Waals surface area (Å²) >= 11 is 1.37. The molecule has 136 valence electrons. The number of hydrogen-bond acceptors (Lipinski definition) is 6. The molecule has 0 radical (unpaired) electrons. The summed E-state index contributed by atoms with van der Waals surface area (Å²) in [7, 11) is -3.80. The van der Waals surface area contributed by atoms with Gasteiger partial charge < -0.3 is 4.90 Å². The van der Waals surface area contributed by atoms with E-state index in [1.807, 2.05) is 11.8 Å². The van der Waals surface area contributed by atoms with E-state index in [0.717, 1.165) is 30.7 Å². The Balaban J connectivity index is 1.70. The second kappa shape index (κ2) is 6.48. The summed E-state index contributed by atoms with van der Waals surface area (Å²) in [6, 6.07) is 4.76. The van der Waals surface area contributed by atoms with E-state index in [2.05, 4.69) is 14.7 Å². The average molecular weight is 390 g/mol. The highest BCUT2D eigenvalue weighted by Crippen LogP contribution is 2.35. The van der Waals surface area contributed by atoms with Crippen molar-refractivity contribution in [1.29, 1.82) is 0 Å². The largest absolute Gasteiger partial charge is 0.328 e. The van der Waals surface area contributed by atoms with Gasteiger partial charge in [0.1, 0.15) is 10.7 Å². The molecular formula is C17H18N4O3S2. The van der Waals surface area contributed by atoms with Gasteiger partial charge in [-0.2, -0.15) is 8.42 Å². The molecule has 0 bridgehead atoms. The number of aromatic nitrogens is 1. The van der Waals surface area contributed by atoms with Crippen LogP contribution in [-0.4, -0.2) is 31.7 Å². The standard InChI is InChI=1S/C17H18N4O3S2/c1-11-10-18-17(25-11)19-16(22)12-6-7-13-14(9-12)26(23,24)20-15-5-3-2-4-8-21(13)15/h6-7,9-10H,2-5,8H2,1H3,(H,18,19,22). The molecule has 2 aliphatic heterocycles. The molecule has 7 nitrogen and oxygen atoms in total. The molecular weight excluding hydrogens is 372 g/mol. The maximum absolute atomic E-state index is 12.6. The summed E-state index contributed by atoms with van der Waals surface area (Å²) in [4.78, 5) is 19.6. The van der Waals surface area contributed by atoms with Crippen molar-refractivity contribution in [3.8, 4) is 0 Å². The maximum atomic E-state index is 12.6. The number of aryl methyl sites for hydroxylation is 1. The van der Waals surface area contributed by atoms with Crippen LogP contribution in [0.2, 0.25) is 0 Å². The number of rotatable bonds is 2. The Labute approximate surface area is 155 Å². The van der Waals surface area contributed by atoms with Crippen LogP contribution < -0.4 is 10.2 Å². The van der Waals surface area contributed by atoms with Gasteiger partial charge in [-0.3, -0.25) is 10.1 Å². The third kappa shape index (κ3) is 3.12. The van der Waals surface area contributed by atoms with Crippen LogP contribution in [-0.2, 0) is 10.0 Å². The molecule has 1 aromatic heterocycles. The molecule has 3 heterocycles. The van der Waals surface area contributed by atoms with Crippen LogP contribution >= 0.6 is 11.3 Å². The van der Waals surface area contributed by atoms with Gasteiger partial charge in [-0.25, -0.2) is 4.98 Å². The van der Waals surface area contributed by atoms with Gasteiger partial charge in [0.15, 0.2) is 5.13 Å². The summed E-state index contributed by atoms with van der Waals surface area (Å²) in [5.41, 5.74) is 0.882. The van der Waals surface area contributed by atoms with Gasteiger partial charge in [0.2, 0.25) is 0 Å². The molecule has 2 aliphatic rings. The first-order valence-electron chi connectivity index (χ1n) is 8.43. The maximum Gasteiger partial charge on any atom is 0.286 e. The van der Waals surface area contributed by atoms with Crippen LogP contribution in [0, 0.1) is 6.92 Å². The van der Waals surface area contributed by atoms with E-state index in [1.165, 1.54) is 17.4 Å². The summed E-state index contributed by atoms with van der Waals surface area (Å²) in [6.07, 6.45) is 5.31. The van der Waals surface area contributed by atoms with Crippen LogP contribution in [0.1, 0.15) is 40.9 Å². The van der Waals surface area contributed by atoms with Gasteiger partial charge in [0.05, 0.1) is 5.69 Å². The van der Waals surface area contributed by atoms with Crippen molar-refractivity contribution in [2.45, 2.75) is 37.5 Å². The minimum atomic E-state index is -3.80. The third-order valence-corrected chi connectivity index (χ3v) is 6.61. The number of amidine groups is 1. The molecule has 0 aliphatic carbocycles. The SMILES string of the molecule is Cc1cnc(NC(=O)c2ccc3c(c2)S(=O)(=O)N=C2CCCCCN23)s1. The molecule has 1 amide bonds. The zero-order chi connectivity index (χ0) is 18.3. The lowest BCUT2D eigenvalue weighted by molar-refractivity contribution is 0.102. The van der Waals surface area contributed by atoms with Gasteiger partial charge >= 0.3 is 0 Å². The fourth-order valence-electron chi connectivity index (χ4n) is 3.20. The molecule has 0 atom stereocenters. The minimum absolute atomic E-state index is 0.0890. The van der Waals surface area contributed by atoms with Crippen molar-refractivity contribution in [3.05, 3.63) is 34.8 Å². The van der Waals surface area contributed by atoms with Crippen LogP contribution in [0.5, 0.6) is 0 Å². The number of sulfonamides is 1. The van der Waals surface area contributed by atoms with Crippen LogP contribution in [0.4, 0.5) is 10.8 Å². The minimum Gasteiger partial charge on any atom is -0.328 e. The smallest absolute Gasteiger partial charge is 0.286 e. The monoisotopic (exact) mass is 390 g/mol. The topological polar surface area (TPSA) is 91.7 Å². The lowest BCUT2D eigenvalue weighted by Gasteiger charge is -2.29. The molecule has 1 N–H and O–H groups in total. The molecule has 0 unspecified atom stereocenters. The van der Waals surface area contributed by atoms with Gasteiger partial charge in [-0.05, 0) is 38.0 Å². The quantitative estimate of drug-likeness (QED) is 0.850. The van der Waals surface area contributed by atoms with Crippen LogP contribution in [0.15, 0.2) is 33.7 Å². The second-order valence-corrected chi connectivity index (χ2v) is 9.16. The number of nitrogens with one attached hydrogen (secondary N) is 1. The second-order valence-electron chi connectivity index (χ2n) is 6.36. The predicted molar refractivity (Wildman–Crippen MR) is 102 cm³/mol. The van der Waals surface area contributed by atoms with E-state index in [4.69, 9.17) is 0 Å². The number of benzene rings is 1. The van der Waals surface area contributed by atoms with Crippen LogP contribution in [0.3, 0.4) is 0 Å². The highest BCUT2D eigenvalue weighted by Gasteiger charge is 2.32. The molecule has 0 saturated carbocycles. The van der Waals surface area contributed by atoms with Gasteiger partial charge in [-0.1, -0.05) is 6.42 Å². The Hall–Kier alpha value is -2.26. The highest BCUT2D eigenvalue weighted by atomic mass is 32.2. The Morgan fingerprint density at radius 1 is 1.27 bits per heavy atom. The summed E-state index contributed by atoms with van der Waals surface area (Å²) in [5.74, 6) is 0.216. The number of carbonyl (C=O) groups excluding carboxylic acids is 1. The number of amides is 1. The zero-order valence-electron chi connectivity index (χ0n) is 14.2. The van der Waals surface area contributed by atoms with Crippen LogP contribution in [0.25, 0.3) is 0 Å². The molecule has 2 aromatic rings. The van der Waals surface area contributed by atoms with Crippen molar-refractivity contribution in [3.63, 3.8) is 0 Å². The first-order chi connectivity index (χ1) is 12.4. The lowest BCUT2D eigenvalue weighted by Crippen LogP contribution is -2.35. The zero-order valence-corrected chi connectivity index (χ0v) is 15.9. The normalized spacial score (nSPS) is 18.3. The first kappa shape index (κ1) is 17.2. The van der Waals surface area contributed by atoms with Gasteiger partial charge in [0.25, 0.3) is 15.9 Å².